The van der Waals surface area contributed by atoms with Crippen LogP contribution < -0.4 is 0 Å². The smallest absolute Gasteiger partial charge is 0.344 e. The van der Waals surface area contributed by atoms with E-state index in [1.54, 1.807) is 0 Å². The molecule has 106 valence electrons. The van der Waals surface area contributed by atoms with Crippen LogP contribution in [0.15, 0.2) is 0 Å². The highest BCUT2D eigenvalue weighted by Crippen LogP contribution is 2.34. The van der Waals surface area contributed by atoms with Crippen molar-refractivity contribution >= 4 is 46.3 Å². The number of alkyl halides is 1. The Morgan fingerprint density at radius 1 is 1.42 bits per heavy atom. The van der Waals surface area contributed by atoms with Gasteiger partial charge in [-0.3, -0.25) is 14.4 Å². The molecule has 9 heteroatoms. The van der Waals surface area contributed by atoms with Crippen LogP contribution in [0.25, 0.3) is 0 Å². The van der Waals surface area contributed by atoms with Crippen molar-refractivity contribution in [3.63, 3.8) is 0 Å². The third kappa shape index (κ3) is 3.84. The van der Waals surface area contributed by atoms with E-state index in [1.807, 2.05) is 0 Å². The Balaban J connectivity index is 2.55. The first-order valence-electron chi connectivity index (χ1n) is 5.20. The Morgan fingerprint density at radius 3 is 2.53 bits per heavy atom. The molecule has 0 aromatic heterocycles. The molecule has 0 aromatic rings. The van der Waals surface area contributed by atoms with Crippen molar-refractivity contribution in [2.45, 2.75) is 23.7 Å². The number of likely N-dealkylation sites (tertiary alicyclic amines) is 1. The first-order chi connectivity index (χ1) is 8.90. The maximum absolute atomic E-state index is 11.5. The van der Waals surface area contributed by atoms with Crippen molar-refractivity contribution < 1.29 is 28.7 Å². The molecule has 1 rings (SSSR count). The van der Waals surface area contributed by atoms with Crippen molar-refractivity contribution in [3.8, 4) is 0 Å². The average Bonchev–Trinajstić information content (AvgIpc) is 2.36. The third-order valence-corrected chi connectivity index (χ3v) is 3.83. The first kappa shape index (κ1) is 15.8. The van der Waals surface area contributed by atoms with Crippen molar-refractivity contribution in [1.29, 1.82) is 0 Å². The summed E-state index contributed by atoms with van der Waals surface area (Å²) in [7, 11) is 2.32. The lowest BCUT2D eigenvalue weighted by atomic mass is 10.2. The minimum absolute atomic E-state index is 0.0811. The summed E-state index contributed by atoms with van der Waals surface area (Å²) in [5.74, 6) is -1.79. The number of ether oxygens (including phenoxy) is 2. The SMILES string of the molecule is COC(=O)CC(=O)S[C@H]1CC(=O)N1C(Cl)C(=O)OC. The molecule has 0 aromatic carbocycles. The fourth-order valence-corrected chi connectivity index (χ4v) is 2.85. The Kier molecular flexibility index (Phi) is 5.61. The first-order valence-corrected chi connectivity index (χ1v) is 6.51. The lowest BCUT2D eigenvalue weighted by Crippen LogP contribution is -2.57. The van der Waals surface area contributed by atoms with Gasteiger partial charge in [-0.05, 0) is 0 Å². The zero-order chi connectivity index (χ0) is 14.6. The maximum Gasteiger partial charge on any atom is 0.344 e. The van der Waals surface area contributed by atoms with Gasteiger partial charge < -0.3 is 14.4 Å². The maximum atomic E-state index is 11.5. The van der Waals surface area contributed by atoms with Crippen LogP contribution >= 0.6 is 23.4 Å². The van der Waals surface area contributed by atoms with Gasteiger partial charge in [-0.15, -0.1) is 0 Å². The number of thioether (sulfide) groups is 1. The van der Waals surface area contributed by atoms with Crippen molar-refractivity contribution in [3.05, 3.63) is 0 Å². The summed E-state index contributed by atoms with van der Waals surface area (Å²) in [6, 6.07) is 0. The lowest BCUT2D eigenvalue weighted by Gasteiger charge is -2.40. The molecule has 0 spiro atoms. The van der Waals surface area contributed by atoms with E-state index in [0.29, 0.717) is 0 Å². The Hall–Kier alpha value is -1.28. The summed E-state index contributed by atoms with van der Waals surface area (Å²) in [5.41, 5.74) is -1.27. The van der Waals surface area contributed by atoms with Crippen LogP contribution in [0.1, 0.15) is 12.8 Å². The molecular formula is C10H12ClNO6S. The standard InChI is InChI=1S/C10H12ClNO6S/c1-17-7(14)4-8(15)19-6-3-5(13)12(6)9(11)10(16)18-2/h6,9H,3-4H2,1-2H3/t6-,9?/m0/s1. The molecule has 19 heavy (non-hydrogen) atoms. The Bertz CT molecular complexity index is 415. The van der Waals surface area contributed by atoms with Gasteiger partial charge in [0.1, 0.15) is 6.42 Å². The fraction of sp³-hybridized carbons (Fsp3) is 0.600. The zero-order valence-electron chi connectivity index (χ0n) is 10.3. The van der Waals surface area contributed by atoms with E-state index < -0.39 is 34.3 Å². The van der Waals surface area contributed by atoms with Crippen molar-refractivity contribution in [1.82, 2.24) is 4.90 Å². The number of methoxy groups -OCH3 is 2. The number of rotatable bonds is 5. The second-order valence-electron chi connectivity index (χ2n) is 3.56. The molecular weight excluding hydrogens is 298 g/mol. The van der Waals surface area contributed by atoms with E-state index >= 15 is 0 Å². The quantitative estimate of drug-likeness (QED) is 0.234. The molecule has 1 heterocycles. The molecule has 0 N–H and O–H groups in total. The van der Waals surface area contributed by atoms with Crippen LogP contribution in [0.4, 0.5) is 0 Å². The highest BCUT2D eigenvalue weighted by atomic mass is 35.5. The minimum Gasteiger partial charge on any atom is -0.469 e. The van der Waals surface area contributed by atoms with E-state index in [9.17, 15) is 19.2 Å². The molecule has 1 saturated heterocycles. The van der Waals surface area contributed by atoms with Gasteiger partial charge in [0.25, 0.3) is 0 Å². The van der Waals surface area contributed by atoms with Crippen LogP contribution in [-0.4, -0.2) is 53.0 Å². The predicted octanol–water partition coefficient (Wildman–Crippen LogP) is 0.106. The largest absolute Gasteiger partial charge is 0.469 e. The highest BCUT2D eigenvalue weighted by Gasteiger charge is 2.45. The van der Waals surface area contributed by atoms with Gasteiger partial charge in [-0.25, -0.2) is 4.79 Å². The van der Waals surface area contributed by atoms with Crippen LogP contribution in [0.2, 0.25) is 0 Å². The minimum atomic E-state index is -1.27. The second-order valence-corrected chi connectivity index (χ2v) is 5.21. The van der Waals surface area contributed by atoms with E-state index in [4.69, 9.17) is 11.6 Å². The van der Waals surface area contributed by atoms with Gasteiger partial charge in [0.05, 0.1) is 26.0 Å². The molecule has 2 atom stereocenters. The number of β-lactam (4-membered cyclic amide) rings is 1. The second kappa shape index (κ2) is 6.76. The van der Waals surface area contributed by atoms with Gasteiger partial charge in [0, 0.05) is 0 Å². The number of carbonyl (C=O) groups excluding carboxylic acids is 4. The molecule has 0 bridgehead atoms. The van der Waals surface area contributed by atoms with Crippen molar-refractivity contribution in [2.24, 2.45) is 0 Å². The van der Waals surface area contributed by atoms with Gasteiger partial charge in [0.15, 0.2) is 0 Å². The molecule has 1 aliphatic rings. The summed E-state index contributed by atoms with van der Waals surface area (Å²) in [6.07, 6.45) is -0.317. The van der Waals surface area contributed by atoms with Gasteiger partial charge in [0.2, 0.25) is 16.5 Å². The Morgan fingerprint density at radius 2 is 2.05 bits per heavy atom. The summed E-state index contributed by atoms with van der Waals surface area (Å²) in [5, 5.41) is -1.02. The number of hydrogen-bond acceptors (Lipinski definition) is 7. The zero-order valence-corrected chi connectivity index (χ0v) is 11.8. The summed E-state index contributed by atoms with van der Waals surface area (Å²) in [4.78, 5) is 46.1. The topological polar surface area (TPSA) is 90.0 Å². The molecule has 0 aliphatic carbocycles. The predicted molar refractivity (Wildman–Crippen MR) is 66.1 cm³/mol. The van der Waals surface area contributed by atoms with E-state index in [-0.39, 0.29) is 12.3 Å². The fourth-order valence-electron chi connectivity index (χ4n) is 1.37. The van der Waals surface area contributed by atoms with Crippen LogP contribution in [0, 0.1) is 0 Å². The number of nitrogens with zero attached hydrogens (tertiary/aromatic N) is 1. The van der Waals surface area contributed by atoms with E-state index in [2.05, 4.69) is 9.47 Å². The molecule has 1 unspecified atom stereocenters. The third-order valence-electron chi connectivity index (χ3n) is 2.37. The lowest BCUT2D eigenvalue weighted by molar-refractivity contribution is -0.155. The van der Waals surface area contributed by atoms with Gasteiger partial charge in [-0.2, -0.15) is 0 Å². The Labute approximate surface area is 118 Å². The van der Waals surface area contributed by atoms with E-state index in [0.717, 1.165) is 23.8 Å². The number of halogens is 1. The van der Waals surface area contributed by atoms with Crippen LogP contribution in [0.3, 0.4) is 0 Å². The highest BCUT2D eigenvalue weighted by molar-refractivity contribution is 8.14. The van der Waals surface area contributed by atoms with E-state index in [1.165, 1.54) is 7.11 Å². The monoisotopic (exact) mass is 309 g/mol. The average molecular weight is 310 g/mol. The summed E-state index contributed by atoms with van der Waals surface area (Å²) in [6.45, 7) is 0. The van der Waals surface area contributed by atoms with Crippen molar-refractivity contribution in [2.75, 3.05) is 14.2 Å². The molecule has 7 nitrogen and oxygen atoms in total. The van der Waals surface area contributed by atoms with Gasteiger partial charge in [-0.1, -0.05) is 23.4 Å². The summed E-state index contributed by atoms with van der Waals surface area (Å²) >= 11 is 6.52. The molecule has 1 amide bonds. The number of hydrogen-bond donors (Lipinski definition) is 0. The molecule has 1 aliphatic heterocycles. The summed E-state index contributed by atoms with van der Waals surface area (Å²) < 4.78 is 8.77. The van der Waals surface area contributed by atoms with Gasteiger partial charge >= 0.3 is 11.9 Å². The number of esters is 2. The van der Waals surface area contributed by atoms with Crippen LogP contribution in [-0.2, 0) is 28.7 Å². The normalized spacial score (nSPS) is 19.4. The number of carbonyl (C=O) groups is 4. The molecule has 1 fully saturated rings. The molecule has 0 saturated carbocycles. The number of amides is 1. The van der Waals surface area contributed by atoms with Crippen LogP contribution in [0.5, 0.6) is 0 Å². The molecule has 0 radical (unpaired) electrons.